The Kier molecular flexibility index (Phi) is 8.94. The van der Waals surface area contributed by atoms with Crippen molar-refractivity contribution in [3.63, 3.8) is 0 Å². The van der Waals surface area contributed by atoms with Gasteiger partial charge in [0, 0.05) is 34.5 Å². The van der Waals surface area contributed by atoms with Crippen LogP contribution in [-0.2, 0) is 38.7 Å². The maximum Gasteiger partial charge on any atom is 2.00 e. The predicted octanol–water partition coefficient (Wildman–Crippen LogP) is 10.2. The SMILES string of the molecule is CCc1nn(-c2[c-]c(Oc3[c-]c4c(cc3)c3ccccc3n4-c3cc(C(C)(C)C)ccn3)cc(C)c2)c(CC)c1-c1ccccc1.[Pd+2]. The third kappa shape index (κ3) is 6.05. The average Bonchev–Trinajstić information content (AvgIpc) is 3.60. The van der Waals surface area contributed by atoms with Gasteiger partial charge in [0.25, 0.3) is 0 Å². The molecule has 7 aromatic rings. The number of benzene rings is 4. The summed E-state index contributed by atoms with van der Waals surface area (Å²) in [7, 11) is 0. The van der Waals surface area contributed by atoms with Gasteiger partial charge in [-0.1, -0.05) is 95.6 Å². The molecule has 0 fully saturated rings. The van der Waals surface area contributed by atoms with Gasteiger partial charge in [0.15, 0.2) is 0 Å². The smallest absolute Gasteiger partial charge is 0.509 e. The zero-order chi connectivity index (χ0) is 32.0. The van der Waals surface area contributed by atoms with Gasteiger partial charge in [0.05, 0.1) is 5.69 Å². The van der Waals surface area contributed by atoms with E-state index in [9.17, 15) is 0 Å². The summed E-state index contributed by atoms with van der Waals surface area (Å²) in [6.07, 6.45) is 3.58. The summed E-state index contributed by atoms with van der Waals surface area (Å²) in [4.78, 5) is 4.81. The Morgan fingerprint density at radius 1 is 0.787 bits per heavy atom. The maximum absolute atomic E-state index is 6.53. The van der Waals surface area contributed by atoms with Crippen LogP contribution in [0.1, 0.15) is 57.1 Å². The molecular weight excluding hydrogens is 671 g/mol. The van der Waals surface area contributed by atoms with Gasteiger partial charge >= 0.3 is 20.4 Å². The molecule has 3 heterocycles. The molecule has 47 heavy (non-hydrogen) atoms. The summed E-state index contributed by atoms with van der Waals surface area (Å²) in [5, 5.41) is 7.34. The molecule has 0 aliphatic carbocycles. The van der Waals surface area contributed by atoms with Gasteiger partial charge in [0.2, 0.25) is 0 Å². The van der Waals surface area contributed by atoms with E-state index in [-0.39, 0.29) is 25.8 Å². The summed E-state index contributed by atoms with van der Waals surface area (Å²) in [6.45, 7) is 13.1. The average molecular weight is 709 g/mol. The van der Waals surface area contributed by atoms with E-state index in [1.54, 1.807) is 0 Å². The van der Waals surface area contributed by atoms with Crippen LogP contribution in [0.4, 0.5) is 0 Å². The number of nitrogens with zero attached hydrogens (tertiary/aromatic N) is 4. The number of pyridine rings is 1. The van der Waals surface area contributed by atoms with Gasteiger partial charge < -0.3 is 9.30 Å². The first kappa shape index (κ1) is 32.4. The van der Waals surface area contributed by atoms with Crippen LogP contribution < -0.4 is 4.74 Å². The van der Waals surface area contributed by atoms with Crippen molar-refractivity contribution in [2.75, 3.05) is 0 Å². The summed E-state index contributed by atoms with van der Waals surface area (Å²) in [5.74, 6) is 2.10. The Bertz CT molecular complexity index is 2210. The monoisotopic (exact) mass is 708 g/mol. The van der Waals surface area contributed by atoms with Gasteiger partial charge in [0.1, 0.15) is 5.82 Å². The molecule has 238 valence electrons. The third-order valence-electron chi connectivity index (χ3n) is 8.61. The van der Waals surface area contributed by atoms with Gasteiger partial charge in [-0.15, -0.1) is 35.7 Å². The van der Waals surface area contributed by atoms with Crippen LogP contribution in [0.15, 0.2) is 97.2 Å². The van der Waals surface area contributed by atoms with Crippen molar-refractivity contribution in [3.8, 4) is 34.1 Å². The summed E-state index contributed by atoms with van der Waals surface area (Å²) < 4.78 is 10.8. The summed E-state index contributed by atoms with van der Waals surface area (Å²) in [5.41, 5.74) is 9.80. The maximum atomic E-state index is 6.53. The zero-order valence-corrected chi connectivity index (χ0v) is 29.2. The number of hydrogen-bond acceptors (Lipinski definition) is 3. The van der Waals surface area contributed by atoms with Crippen molar-refractivity contribution < 1.29 is 25.2 Å². The minimum Gasteiger partial charge on any atom is -0.509 e. The number of fused-ring (bicyclic) bond motifs is 3. The largest absolute Gasteiger partial charge is 2.00 e. The van der Waals surface area contributed by atoms with Crippen LogP contribution in [-0.4, -0.2) is 19.3 Å². The van der Waals surface area contributed by atoms with E-state index < -0.39 is 0 Å². The Hall–Kier alpha value is -4.50. The molecule has 0 saturated carbocycles. The number of ether oxygens (including phenoxy) is 1. The quantitative estimate of drug-likeness (QED) is 0.122. The normalized spacial score (nSPS) is 11.6. The number of hydrogen-bond donors (Lipinski definition) is 0. The van der Waals surface area contributed by atoms with Crippen molar-refractivity contribution in [2.24, 2.45) is 0 Å². The number of rotatable bonds is 7. The Morgan fingerprint density at radius 3 is 2.30 bits per heavy atom. The van der Waals surface area contributed by atoms with E-state index in [4.69, 9.17) is 14.8 Å². The molecule has 0 saturated heterocycles. The van der Waals surface area contributed by atoms with E-state index in [1.807, 2.05) is 23.0 Å². The van der Waals surface area contributed by atoms with E-state index in [1.165, 1.54) is 22.4 Å². The standard InChI is InChI=1S/C41H38N4O.Pd/c1-7-35-40(28-14-10-9-11-15-28)36(8-2)45(43-35)30-22-27(3)23-32(25-30)46-31-18-19-34-33-16-12-13-17-37(33)44(38(34)26-31)39-24-29(20-21-42-39)41(4,5)6;/h9-24H,7-8H2,1-6H3;/q-2;+2. The van der Waals surface area contributed by atoms with Crippen LogP contribution in [0, 0.1) is 19.1 Å². The first-order valence-electron chi connectivity index (χ1n) is 16.1. The fourth-order valence-corrected chi connectivity index (χ4v) is 6.34. The first-order chi connectivity index (χ1) is 22.2. The van der Waals surface area contributed by atoms with Gasteiger partial charge in [-0.2, -0.15) is 16.7 Å². The second-order valence-electron chi connectivity index (χ2n) is 12.9. The minimum atomic E-state index is -0.000876. The second-order valence-corrected chi connectivity index (χ2v) is 12.9. The van der Waals surface area contributed by atoms with Crippen LogP contribution in [0.2, 0.25) is 0 Å². The summed E-state index contributed by atoms with van der Waals surface area (Å²) in [6, 6.07) is 38.6. The number of aryl methyl sites for hydroxylation is 2. The van der Waals surface area contributed by atoms with Crippen molar-refractivity contribution in [3.05, 3.63) is 132 Å². The summed E-state index contributed by atoms with van der Waals surface area (Å²) >= 11 is 0. The fourth-order valence-electron chi connectivity index (χ4n) is 6.34. The van der Waals surface area contributed by atoms with E-state index >= 15 is 0 Å². The molecule has 0 aliphatic rings. The van der Waals surface area contributed by atoms with Crippen LogP contribution >= 0.6 is 0 Å². The molecule has 5 nitrogen and oxygen atoms in total. The number of para-hydroxylation sites is 1. The molecule has 4 aromatic carbocycles. The van der Waals surface area contributed by atoms with Gasteiger partial charge in [-0.05, 0) is 58.7 Å². The topological polar surface area (TPSA) is 44.9 Å². The Morgan fingerprint density at radius 2 is 1.55 bits per heavy atom. The molecule has 0 radical (unpaired) electrons. The van der Waals surface area contributed by atoms with Crippen LogP contribution in [0.25, 0.3) is 44.4 Å². The van der Waals surface area contributed by atoms with Crippen molar-refractivity contribution in [1.82, 2.24) is 19.3 Å². The minimum absolute atomic E-state index is 0. The molecule has 6 heteroatoms. The van der Waals surface area contributed by atoms with Crippen LogP contribution in [0.5, 0.6) is 11.5 Å². The zero-order valence-electron chi connectivity index (χ0n) is 27.7. The predicted molar refractivity (Wildman–Crippen MR) is 188 cm³/mol. The van der Waals surface area contributed by atoms with E-state index in [2.05, 4.69) is 137 Å². The molecule has 0 bridgehead atoms. The molecule has 0 spiro atoms. The first-order valence-corrected chi connectivity index (χ1v) is 16.1. The van der Waals surface area contributed by atoms with Crippen molar-refractivity contribution >= 4 is 21.8 Å². The molecule has 7 rings (SSSR count). The number of aromatic nitrogens is 4. The molecule has 0 atom stereocenters. The molecule has 0 N–H and O–H groups in total. The second kappa shape index (κ2) is 13.0. The molecule has 0 unspecified atom stereocenters. The fraction of sp³-hybridized carbons (Fsp3) is 0.220. The van der Waals surface area contributed by atoms with Crippen molar-refractivity contribution in [1.29, 1.82) is 0 Å². The molecule has 3 aromatic heterocycles. The Labute approximate surface area is 290 Å². The third-order valence-corrected chi connectivity index (χ3v) is 8.61. The molecular formula is C41H38N4OPd. The Balaban J connectivity index is 0.00000386. The van der Waals surface area contributed by atoms with E-state index in [0.29, 0.717) is 11.5 Å². The van der Waals surface area contributed by atoms with Gasteiger partial charge in [-0.3, -0.25) is 4.68 Å². The molecule has 0 amide bonds. The van der Waals surface area contributed by atoms with Crippen molar-refractivity contribution in [2.45, 2.75) is 59.8 Å². The molecule has 0 aliphatic heterocycles. The van der Waals surface area contributed by atoms with E-state index in [0.717, 1.165) is 57.4 Å². The van der Waals surface area contributed by atoms with Crippen LogP contribution in [0.3, 0.4) is 0 Å². The van der Waals surface area contributed by atoms with Gasteiger partial charge in [-0.25, -0.2) is 4.98 Å².